The predicted octanol–water partition coefficient (Wildman–Crippen LogP) is 13.7. The first-order valence-electron chi connectivity index (χ1n) is 29.8. The summed E-state index contributed by atoms with van der Waals surface area (Å²) in [4.78, 5) is 0. The van der Waals surface area contributed by atoms with Gasteiger partial charge in [0.2, 0.25) is 0 Å². The molecule has 0 spiro atoms. The van der Waals surface area contributed by atoms with Crippen molar-refractivity contribution in [1.82, 2.24) is 0 Å². The minimum atomic E-state index is -4.36. The van der Waals surface area contributed by atoms with E-state index in [1.54, 1.807) is 0 Å². The van der Waals surface area contributed by atoms with Crippen molar-refractivity contribution in [3.8, 4) is 0 Å². The van der Waals surface area contributed by atoms with Crippen molar-refractivity contribution in [3.63, 3.8) is 0 Å². The number of benzene rings is 8. The van der Waals surface area contributed by atoms with Crippen molar-refractivity contribution in [1.29, 1.82) is 0 Å². The Balaban J connectivity index is 1.08. The third-order valence-electron chi connectivity index (χ3n) is 16.2. The van der Waals surface area contributed by atoms with Gasteiger partial charge in [0.05, 0.1) is 0 Å². The Bertz CT molecular complexity index is 2630. The second-order valence-corrected chi connectivity index (χ2v) is 47.3. The highest BCUT2D eigenvalue weighted by Gasteiger charge is 2.83. The fourth-order valence-electron chi connectivity index (χ4n) is 12.1. The Labute approximate surface area is 503 Å². The molecule has 0 atom stereocenters. The molecular weight excluding hydrogens is 1190 g/mol. The molecule has 0 N–H and O–H groups in total. The van der Waals surface area contributed by atoms with Crippen molar-refractivity contribution in [2.45, 2.75) is 99.7 Å². The van der Waals surface area contributed by atoms with Crippen LogP contribution in [0.15, 0.2) is 243 Å². The molecule has 14 rings (SSSR count). The highest BCUT2D eigenvalue weighted by atomic mass is 28.6. The first kappa shape index (κ1) is 58.1. The minimum Gasteiger partial charge on any atom is -0.373 e. The van der Waals surface area contributed by atoms with Crippen LogP contribution in [0.25, 0.3) is 0 Å². The Kier molecular flexibility index (Phi) is 17.5. The average molecular weight is 1260 g/mol. The van der Waals surface area contributed by atoms with E-state index < -0.39 is 70.4 Å². The van der Waals surface area contributed by atoms with Gasteiger partial charge >= 0.3 is 70.4 Å². The van der Waals surface area contributed by atoms with Crippen LogP contribution in [0, 0.1) is 0 Å². The van der Waals surface area contributed by atoms with E-state index in [9.17, 15) is 0 Å². The van der Waals surface area contributed by atoms with Crippen molar-refractivity contribution >= 4 is 70.4 Å². The second-order valence-electron chi connectivity index (χ2n) is 22.6. The van der Waals surface area contributed by atoms with Crippen LogP contribution in [0.1, 0.15) is 44.5 Å². The highest BCUT2D eigenvalue weighted by Crippen LogP contribution is 2.55. The van der Waals surface area contributed by atoms with Gasteiger partial charge in [-0.15, -0.1) is 0 Å². The standard InChI is InChI=1S/C64H72O12Si8/c1-9-25-57(26-10-1)41-49-77-65-78(50-42-58-27-11-2-12-28-58)68-81(53-45-61-33-17-5-18-34-61)70-79(66-77,51-43-59-29-13-3-14-30-59)72-83(55-47-63-37-21-7-22-38-63)73-80(67-77,52-44-60-31-15-4-16-32-60)71-82(69-78,54-46-62-35-19-6-20-36-62)75-84(74-81,76-83)56-48-64-39-23-8-24-40-64/h1-40H,41-56H2. The summed E-state index contributed by atoms with van der Waals surface area (Å²) in [5.74, 6) is 0. The number of aryl methyl sites for hydroxylation is 8. The van der Waals surface area contributed by atoms with Crippen LogP contribution in [0.4, 0.5) is 0 Å². The van der Waals surface area contributed by atoms with Gasteiger partial charge in [0.25, 0.3) is 0 Å². The van der Waals surface area contributed by atoms with E-state index in [2.05, 4.69) is 194 Å². The van der Waals surface area contributed by atoms with Crippen molar-refractivity contribution in [2.24, 2.45) is 0 Å². The molecule has 8 bridgehead atoms. The van der Waals surface area contributed by atoms with E-state index in [0.29, 0.717) is 99.7 Å². The molecule has 6 aliphatic rings. The molecule has 0 saturated carbocycles. The zero-order chi connectivity index (χ0) is 56.7. The van der Waals surface area contributed by atoms with Crippen LogP contribution >= 0.6 is 0 Å². The van der Waals surface area contributed by atoms with Gasteiger partial charge in [0.1, 0.15) is 0 Å². The largest absolute Gasteiger partial charge is 0.479 e. The van der Waals surface area contributed by atoms with Crippen LogP contribution in [0.5, 0.6) is 0 Å². The monoisotopic (exact) mass is 1260 g/mol. The Morgan fingerprint density at radius 3 is 0.333 bits per heavy atom. The molecule has 8 aromatic carbocycles. The number of rotatable bonds is 24. The maximum Gasteiger partial charge on any atom is 0.479 e. The molecule has 432 valence electrons. The molecular formula is C64H72O12Si8. The Hall–Kier alpha value is -4.98. The van der Waals surface area contributed by atoms with E-state index in [1.807, 2.05) is 48.5 Å². The van der Waals surface area contributed by atoms with E-state index in [-0.39, 0.29) is 0 Å². The summed E-state index contributed by atoms with van der Waals surface area (Å²) in [6, 6.07) is 86.5. The molecule has 6 aliphatic heterocycles. The van der Waals surface area contributed by atoms with Crippen LogP contribution < -0.4 is 0 Å². The highest BCUT2D eigenvalue weighted by molar-refractivity contribution is 7.03. The first-order chi connectivity index (χ1) is 41.1. The SMILES string of the molecule is c1ccc(CC[Si]23O[Si]4(CCc5ccccc5)O[Si]5(CCc6ccccc6)O[Si](CCc6ccccc6)(O2)O[Si]2(CCc6ccccc6)O[Si](CCc6ccccc6)(O3)O[Si](CCc3ccccc3)(O4)O[Si](CCc3ccccc3)(O5)O2)cc1. The van der Waals surface area contributed by atoms with Crippen LogP contribution in [0.3, 0.4) is 0 Å². The molecule has 20 heteroatoms. The van der Waals surface area contributed by atoms with Gasteiger partial charge in [-0.25, -0.2) is 0 Å². The molecule has 6 fully saturated rings. The molecule has 6 saturated heterocycles. The second kappa shape index (κ2) is 25.4. The summed E-state index contributed by atoms with van der Waals surface area (Å²) < 4.78 is 100. The van der Waals surface area contributed by atoms with E-state index in [0.717, 1.165) is 44.5 Å². The van der Waals surface area contributed by atoms with Gasteiger partial charge in [-0.3, -0.25) is 0 Å². The van der Waals surface area contributed by atoms with Gasteiger partial charge in [0, 0.05) is 48.4 Å². The van der Waals surface area contributed by atoms with E-state index >= 15 is 0 Å². The van der Waals surface area contributed by atoms with Crippen molar-refractivity contribution in [2.75, 3.05) is 0 Å². The normalized spacial score (nSPS) is 29.5. The minimum absolute atomic E-state index is 0.331. The molecule has 0 aliphatic carbocycles. The third-order valence-corrected chi connectivity index (χ3v) is 53.0. The first-order valence-corrected chi connectivity index (χ1v) is 45.3. The molecule has 0 aromatic heterocycles. The summed E-state index contributed by atoms with van der Waals surface area (Å²) in [6.07, 6.45) is 4.38. The Morgan fingerprint density at radius 1 is 0.143 bits per heavy atom. The van der Waals surface area contributed by atoms with Gasteiger partial charge in [-0.1, -0.05) is 243 Å². The lowest BCUT2D eigenvalue weighted by Gasteiger charge is -2.63. The quantitative estimate of drug-likeness (QED) is 0.0537. The molecule has 8 aromatic rings. The topological polar surface area (TPSA) is 111 Å². The molecule has 0 unspecified atom stereocenters. The van der Waals surface area contributed by atoms with Crippen molar-refractivity contribution in [3.05, 3.63) is 287 Å². The fraction of sp³-hybridized carbons (Fsp3) is 0.250. The molecule has 6 heterocycles. The maximum absolute atomic E-state index is 8.34. The lowest BCUT2D eigenvalue weighted by molar-refractivity contribution is -0.0303. The van der Waals surface area contributed by atoms with E-state index in [4.69, 9.17) is 49.4 Å². The molecule has 12 nitrogen and oxygen atoms in total. The molecule has 84 heavy (non-hydrogen) atoms. The summed E-state index contributed by atoms with van der Waals surface area (Å²) in [5, 5.41) is 0. The lowest BCUT2D eigenvalue weighted by Crippen LogP contribution is -2.88. The van der Waals surface area contributed by atoms with Crippen LogP contribution in [-0.2, 0) is 101 Å². The van der Waals surface area contributed by atoms with Crippen LogP contribution in [-0.4, -0.2) is 70.4 Å². The average Bonchev–Trinajstić information content (AvgIpc) is 0.731. The molecule has 0 radical (unpaired) electrons. The number of hydrogen-bond acceptors (Lipinski definition) is 12. The summed E-state index contributed by atoms with van der Waals surface area (Å²) in [6.45, 7) is 0. The summed E-state index contributed by atoms with van der Waals surface area (Å²) >= 11 is 0. The molecule has 0 amide bonds. The van der Waals surface area contributed by atoms with Gasteiger partial charge in [-0.2, -0.15) is 0 Å². The maximum atomic E-state index is 8.34. The predicted molar refractivity (Wildman–Crippen MR) is 339 cm³/mol. The van der Waals surface area contributed by atoms with Crippen molar-refractivity contribution < 1.29 is 49.4 Å². The Morgan fingerprint density at radius 2 is 0.238 bits per heavy atom. The van der Waals surface area contributed by atoms with Crippen LogP contribution in [0.2, 0.25) is 48.4 Å². The summed E-state index contributed by atoms with van der Waals surface area (Å²) in [7, 11) is -34.9. The van der Waals surface area contributed by atoms with Gasteiger partial charge in [0.15, 0.2) is 0 Å². The third kappa shape index (κ3) is 13.9. The van der Waals surface area contributed by atoms with Gasteiger partial charge in [-0.05, 0) is 95.9 Å². The van der Waals surface area contributed by atoms with Gasteiger partial charge < -0.3 is 49.4 Å². The van der Waals surface area contributed by atoms with E-state index in [1.165, 1.54) is 0 Å². The smallest absolute Gasteiger partial charge is 0.373 e. The zero-order valence-electron chi connectivity index (χ0n) is 47.3. The fourth-order valence-corrected chi connectivity index (χ4v) is 62.4. The summed E-state index contributed by atoms with van der Waals surface area (Å²) in [5.41, 5.74) is 8.80. The zero-order valence-corrected chi connectivity index (χ0v) is 55.3. The lowest BCUT2D eigenvalue weighted by atomic mass is 10.2. The number of hydrogen-bond donors (Lipinski definition) is 0.